The summed E-state index contributed by atoms with van der Waals surface area (Å²) in [6.45, 7) is -0.694. The summed E-state index contributed by atoms with van der Waals surface area (Å²) in [5.41, 5.74) is -0.878. The monoisotopic (exact) mass is 482 g/mol. The zero-order chi connectivity index (χ0) is 24.1. The molecule has 2 aromatic rings. The van der Waals surface area contributed by atoms with Crippen LogP contribution in [0.5, 0.6) is 23.0 Å². The van der Waals surface area contributed by atoms with E-state index in [1.54, 1.807) is 0 Å². The average Bonchev–Trinajstić information content (AvgIpc) is 3.03. The van der Waals surface area contributed by atoms with E-state index in [9.17, 15) is 27.2 Å². The number of amides is 2. The van der Waals surface area contributed by atoms with E-state index in [-0.39, 0.29) is 36.2 Å². The van der Waals surface area contributed by atoms with Gasteiger partial charge in [0.1, 0.15) is 11.5 Å². The van der Waals surface area contributed by atoms with Gasteiger partial charge in [0, 0.05) is 23.2 Å². The minimum atomic E-state index is -3.74. The highest BCUT2D eigenvalue weighted by Crippen LogP contribution is 2.60. The Balaban J connectivity index is 1.03. The molecule has 3 aliphatic carbocycles. The Morgan fingerprint density at radius 3 is 1.91 bits per heavy atom. The van der Waals surface area contributed by atoms with Gasteiger partial charge in [-0.2, -0.15) is 0 Å². The van der Waals surface area contributed by atoms with Crippen molar-refractivity contribution in [1.29, 1.82) is 0 Å². The molecule has 2 bridgehead atoms. The number of hydrogen-bond acceptors (Lipinski definition) is 6. The number of fused-ring (bicyclic) bond motifs is 1. The van der Waals surface area contributed by atoms with Crippen LogP contribution in [-0.2, 0) is 9.59 Å². The largest absolute Gasteiger partial charge is 0.586 e. The maximum atomic E-state index is 13.2. The van der Waals surface area contributed by atoms with Gasteiger partial charge in [-0.3, -0.25) is 9.59 Å². The van der Waals surface area contributed by atoms with Crippen LogP contribution in [0.15, 0.2) is 36.4 Å². The molecule has 2 N–H and O–H groups in total. The summed E-state index contributed by atoms with van der Waals surface area (Å²) in [5, 5.41) is 5.70. The first-order valence-electron chi connectivity index (χ1n) is 10.3. The maximum absolute atomic E-state index is 13.2. The summed E-state index contributed by atoms with van der Waals surface area (Å²) in [7, 11) is 0. The predicted octanol–water partition coefficient (Wildman–Crippen LogP) is 2.65. The zero-order valence-electron chi connectivity index (χ0n) is 17.5. The number of carbonyl (C=O) groups excluding carboxylic acids is 2. The molecule has 34 heavy (non-hydrogen) atoms. The van der Waals surface area contributed by atoms with Gasteiger partial charge in [-0.1, -0.05) is 0 Å². The molecule has 1 heterocycles. The Morgan fingerprint density at radius 2 is 1.32 bits per heavy atom. The molecular weight excluding hydrogens is 464 g/mol. The molecule has 0 spiro atoms. The molecule has 0 unspecified atom stereocenters. The third kappa shape index (κ3) is 4.27. The number of alkyl halides is 2. The Kier molecular flexibility index (Phi) is 4.99. The van der Waals surface area contributed by atoms with Crippen LogP contribution in [0.2, 0.25) is 0 Å². The van der Waals surface area contributed by atoms with E-state index in [0.29, 0.717) is 19.3 Å². The van der Waals surface area contributed by atoms with Gasteiger partial charge in [-0.25, -0.2) is 8.78 Å². The number of rotatable bonds is 8. The van der Waals surface area contributed by atoms with Crippen LogP contribution in [0, 0.1) is 11.6 Å². The summed E-state index contributed by atoms with van der Waals surface area (Å²) in [4.78, 5) is 24.4. The molecule has 3 fully saturated rings. The molecular formula is C22H18F4N2O6. The normalized spacial score (nSPS) is 24.9. The Hall–Kier alpha value is -3.70. The van der Waals surface area contributed by atoms with E-state index in [2.05, 4.69) is 20.1 Å². The highest BCUT2D eigenvalue weighted by molar-refractivity contribution is 5.81. The number of ether oxygens (including phenoxy) is 4. The van der Waals surface area contributed by atoms with Crippen molar-refractivity contribution in [3.05, 3.63) is 48.0 Å². The third-order valence-electron chi connectivity index (χ3n) is 5.84. The van der Waals surface area contributed by atoms with Crippen molar-refractivity contribution >= 4 is 11.8 Å². The summed E-state index contributed by atoms with van der Waals surface area (Å²) < 4.78 is 71.4. The second-order valence-corrected chi connectivity index (χ2v) is 8.62. The molecule has 2 amide bonds. The number of hydrogen-bond donors (Lipinski definition) is 2. The molecule has 1 aliphatic heterocycles. The molecule has 6 rings (SSSR count). The van der Waals surface area contributed by atoms with E-state index in [0.717, 1.165) is 12.1 Å². The molecule has 3 saturated carbocycles. The van der Waals surface area contributed by atoms with Crippen molar-refractivity contribution in [3.8, 4) is 23.0 Å². The lowest BCUT2D eigenvalue weighted by atomic mass is 9.44. The van der Waals surface area contributed by atoms with Crippen LogP contribution < -0.4 is 29.6 Å². The summed E-state index contributed by atoms with van der Waals surface area (Å²) in [6.07, 6.45) is -2.15. The Labute approximate surface area is 190 Å². The molecule has 0 saturated heterocycles. The quantitative estimate of drug-likeness (QED) is 0.562. The molecule has 0 aromatic heterocycles. The van der Waals surface area contributed by atoms with Crippen LogP contribution in [0.3, 0.4) is 0 Å². The molecule has 4 aliphatic rings. The molecule has 8 nitrogen and oxygen atoms in total. The minimum absolute atomic E-state index is 0.0338. The maximum Gasteiger partial charge on any atom is 0.586 e. The van der Waals surface area contributed by atoms with E-state index in [4.69, 9.17) is 9.47 Å². The van der Waals surface area contributed by atoms with Crippen molar-refractivity contribution in [2.24, 2.45) is 0 Å². The van der Waals surface area contributed by atoms with Gasteiger partial charge in [0.05, 0.1) is 0 Å². The van der Waals surface area contributed by atoms with Gasteiger partial charge in [0.2, 0.25) is 0 Å². The molecule has 180 valence electrons. The minimum Gasteiger partial charge on any atom is -0.484 e. The average molecular weight is 482 g/mol. The number of carbonyl (C=O) groups is 2. The predicted molar refractivity (Wildman–Crippen MR) is 106 cm³/mol. The summed E-state index contributed by atoms with van der Waals surface area (Å²) in [5.74, 6) is -3.01. The molecule has 0 atom stereocenters. The van der Waals surface area contributed by atoms with Gasteiger partial charge >= 0.3 is 6.29 Å². The van der Waals surface area contributed by atoms with Crippen molar-refractivity contribution in [1.82, 2.24) is 10.6 Å². The lowest BCUT2D eigenvalue weighted by molar-refractivity contribution is -0.286. The fourth-order valence-corrected chi connectivity index (χ4v) is 4.60. The van der Waals surface area contributed by atoms with Crippen molar-refractivity contribution in [3.63, 3.8) is 0 Å². The van der Waals surface area contributed by atoms with E-state index in [1.807, 2.05) is 0 Å². The fourth-order valence-electron chi connectivity index (χ4n) is 4.60. The van der Waals surface area contributed by atoms with Gasteiger partial charge in [0.15, 0.2) is 36.3 Å². The van der Waals surface area contributed by atoms with Gasteiger partial charge < -0.3 is 29.6 Å². The summed E-state index contributed by atoms with van der Waals surface area (Å²) in [6, 6.07) is 6.83. The van der Waals surface area contributed by atoms with Crippen LogP contribution in [-0.4, -0.2) is 42.4 Å². The van der Waals surface area contributed by atoms with Gasteiger partial charge in [-0.05, 0) is 43.5 Å². The van der Waals surface area contributed by atoms with E-state index < -0.39 is 40.8 Å². The SMILES string of the molecule is O=C(COc1ccc(F)c(F)c1)NC12CC(NC(=O)COc3ccc4c(c3)OC(F)(F)O4)(C1)C2. The standard InChI is InChI=1S/C22H18F4N2O6/c23-14-3-1-12(5-15(14)24)31-7-18(29)27-20-9-21(10-20,11-20)28-19(30)8-32-13-2-4-16-17(6-13)34-22(25,26)33-16/h1-6H,7-11H2,(H,27,29)(H,28,30). The smallest absolute Gasteiger partial charge is 0.484 e. The van der Waals surface area contributed by atoms with Crippen molar-refractivity contribution < 1.29 is 46.1 Å². The lowest BCUT2D eigenvalue weighted by Gasteiger charge is -2.70. The number of nitrogens with one attached hydrogen (secondary N) is 2. The highest BCUT2D eigenvalue weighted by atomic mass is 19.3. The zero-order valence-corrected chi connectivity index (χ0v) is 17.5. The Morgan fingerprint density at radius 1 is 0.794 bits per heavy atom. The second-order valence-electron chi connectivity index (χ2n) is 8.62. The van der Waals surface area contributed by atoms with Crippen LogP contribution >= 0.6 is 0 Å². The molecule has 12 heteroatoms. The number of benzene rings is 2. The van der Waals surface area contributed by atoms with E-state index in [1.165, 1.54) is 24.3 Å². The first-order chi connectivity index (χ1) is 16.0. The van der Waals surface area contributed by atoms with Crippen molar-refractivity contribution in [2.45, 2.75) is 36.6 Å². The lowest BCUT2D eigenvalue weighted by Crippen LogP contribution is -2.84. The topological polar surface area (TPSA) is 95.1 Å². The van der Waals surface area contributed by atoms with E-state index >= 15 is 0 Å². The number of halogens is 4. The van der Waals surface area contributed by atoms with Crippen LogP contribution in [0.1, 0.15) is 19.3 Å². The Bertz CT molecular complexity index is 1150. The molecule has 2 aromatic carbocycles. The van der Waals surface area contributed by atoms with Gasteiger partial charge in [-0.15, -0.1) is 8.78 Å². The molecule has 0 radical (unpaired) electrons. The first-order valence-corrected chi connectivity index (χ1v) is 10.3. The second kappa shape index (κ2) is 7.67. The first kappa shape index (κ1) is 22.1. The summed E-state index contributed by atoms with van der Waals surface area (Å²) >= 11 is 0. The van der Waals surface area contributed by atoms with Gasteiger partial charge in [0.25, 0.3) is 11.8 Å². The highest BCUT2D eigenvalue weighted by Gasteiger charge is 2.69. The van der Waals surface area contributed by atoms with Crippen LogP contribution in [0.25, 0.3) is 0 Å². The van der Waals surface area contributed by atoms with Crippen molar-refractivity contribution in [2.75, 3.05) is 13.2 Å². The fraction of sp³-hybridized carbons (Fsp3) is 0.364. The van der Waals surface area contributed by atoms with Crippen LogP contribution in [0.4, 0.5) is 17.6 Å². The third-order valence-corrected chi connectivity index (χ3v) is 5.84.